The maximum Gasteiger partial charge on any atom is 0.330 e. The van der Waals surface area contributed by atoms with Crippen molar-refractivity contribution in [1.82, 2.24) is 5.43 Å². The van der Waals surface area contributed by atoms with Crippen molar-refractivity contribution < 1.29 is 14.3 Å². The van der Waals surface area contributed by atoms with E-state index in [9.17, 15) is 9.59 Å². The van der Waals surface area contributed by atoms with Crippen LogP contribution in [0.15, 0.2) is 24.3 Å². The summed E-state index contributed by atoms with van der Waals surface area (Å²) in [6.07, 6.45) is 0.917. The van der Waals surface area contributed by atoms with Crippen LogP contribution in [0.3, 0.4) is 0 Å². The highest BCUT2D eigenvalue weighted by molar-refractivity contribution is 5.79. The molecule has 0 saturated heterocycles. The van der Waals surface area contributed by atoms with Gasteiger partial charge in [-0.1, -0.05) is 19.1 Å². The summed E-state index contributed by atoms with van der Waals surface area (Å²) < 4.78 is 4.56. The maximum absolute atomic E-state index is 11.2. The lowest BCUT2D eigenvalue weighted by molar-refractivity contribution is -0.139. The first kappa shape index (κ1) is 13.8. The number of hydrogen-bond acceptors (Lipinski definition) is 4. The van der Waals surface area contributed by atoms with Gasteiger partial charge >= 0.3 is 12.0 Å². The molecule has 0 heterocycles. The van der Waals surface area contributed by atoms with Crippen LogP contribution in [-0.4, -0.2) is 25.7 Å². The molecule has 1 rings (SSSR count). The summed E-state index contributed by atoms with van der Waals surface area (Å²) in [5, 5.41) is 1.34. The lowest BCUT2D eigenvalue weighted by Crippen LogP contribution is -2.47. The van der Waals surface area contributed by atoms with E-state index in [1.807, 2.05) is 19.1 Å². The van der Waals surface area contributed by atoms with E-state index in [4.69, 9.17) is 5.73 Å². The second-order valence-corrected chi connectivity index (χ2v) is 3.66. The van der Waals surface area contributed by atoms with Crippen molar-refractivity contribution in [3.8, 4) is 0 Å². The summed E-state index contributed by atoms with van der Waals surface area (Å²) in [5.41, 5.74) is 9.26. The fourth-order valence-corrected chi connectivity index (χ4v) is 1.43. The molecular weight excluding hydrogens is 234 g/mol. The maximum atomic E-state index is 11.2. The smallest absolute Gasteiger partial charge is 0.330 e. The lowest BCUT2D eigenvalue weighted by atomic mass is 10.1. The number of urea groups is 1. The first-order valence-electron chi connectivity index (χ1n) is 5.56. The number of nitrogens with zero attached hydrogens (tertiary/aromatic N) is 1. The van der Waals surface area contributed by atoms with E-state index in [1.165, 1.54) is 12.1 Å². The van der Waals surface area contributed by atoms with Crippen LogP contribution in [0.4, 0.5) is 10.5 Å². The van der Waals surface area contributed by atoms with E-state index in [1.54, 1.807) is 12.1 Å². The van der Waals surface area contributed by atoms with E-state index < -0.39 is 12.0 Å². The molecule has 0 fully saturated rings. The van der Waals surface area contributed by atoms with Gasteiger partial charge in [0.1, 0.15) is 6.54 Å². The summed E-state index contributed by atoms with van der Waals surface area (Å²) in [5.74, 6) is -0.469. The summed E-state index contributed by atoms with van der Waals surface area (Å²) in [6.45, 7) is 1.94. The molecule has 1 aromatic rings. The largest absolute Gasteiger partial charge is 0.468 e. The number of anilines is 1. The Hall–Kier alpha value is -2.24. The van der Waals surface area contributed by atoms with E-state index in [-0.39, 0.29) is 6.54 Å². The molecule has 0 aliphatic heterocycles. The van der Waals surface area contributed by atoms with Crippen LogP contribution in [0.5, 0.6) is 0 Å². The van der Waals surface area contributed by atoms with Gasteiger partial charge in [-0.2, -0.15) is 0 Å². The third kappa shape index (κ3) is 3.97. The Morgan fingerprint density at radius 2 is 1.94 bits per heavy atom. The molecule has 0 spiro atoms. The normalized spacial score (nSPS) is 9.67. The molecule has 6 nitrogen and oxygen atoms in total. The molecular formula is C12H17N3O3. The zero-order valence-electron chi connectivity index (χ0n) is 10.5. The lowest BCUT2D eigenvalue weighted by Gasteiger charge is -2.23. The average Bonchev–Trinajstić information content (AvgIpc) is 2.37. The van der Waals surface area contributed by atoms with Crippen molar-refractivity contribution in [3.63, 3.8) is 0 Å². The van der Waals surface area contributed by atoms with Crippen LogP contribution in [0, 0.1) is 0 Å². The SMILES string of the molecule is CCc1ccc(N(CC(=O)OC)NC(N)=O)cc1. The van der Waals surface area contributed by atoms with Crippen LogP contribution in [0.25, 0.3) is 0 Å². The molecule has 98 valence electrons. The van der Waals surface area contributed by atoms with E-state index in [2.05, 4.69) is 10.2 Å². The van der Waals surface area contributed by atoms with Crippen molar-refractivity contribution in [3.05, 3.63) is 29.8 Å². The number of hydrogen-bond donors (Lipinski definition) is 2. The minimum absolute atomic E-state index is 0.106. The molecule has 3 N–H and O–H groups in total. The van der Waals surface area contributed by atoms with Gasteiger partial charge in [-0.15, -0.1) is 0 Å². The molecule has 0 aromatic heterocycles. The molecule has 1 aromatic carbocycles. The topological polar surface area (TPSA) is 84.7 Å². The minimum Gasteiger partial charge on any atom is -0.468 e. The van der Waals surface area contributed by atoms with Crippen molar-refractivity contribution >= 4 is 17.7 Å². The van der Waals surface area contributed by atoms with Crippen molar-refractivity contribution in [2.45, 2.75) is 13.3 Å². The third-order valence-corrected chi connectivity index (χ3v) is 2.42. The summed E-state index contributed by atoms with van der Waals surface area (Å²) in [4.78, 5) is 22.1. The Morgan fingerprint density at radius 3 is 2.39 bits per heavy atom. The Labute approximate surface area is 106 Å². The second kappa shape index (κ2) is 6.48. The molecule has 0 aliphatic carbocycles. The zero-order chi connectivity index (χ0) is 13.5. The summed E-state index contributed by atoms with van der Waals surface area (Å²) in [6, 6.07) is 6.71. The van der Waals surface area contributed by atoms with Gasteiger partial charge in [0.05, 0.1) is 12.8 Å². The number of hydrazine groups is 1. The van der Waals surface area contributed by atoms with Gasteiger partial charge in [-0.3, -0.25) is 9.80 Å². The number of benzene rings is 1. The first-order valence-corrected chi connectivity index (χ1v) is 5.56. The quantitative estimate of drug-likeness (QED) is 0.599. The molecule has 0 bridgehead atoms. The Morgan fingerprint density at radius 1 is 1.33 bits per heavy atom. The van der Waals surface area contributed by atoms with E-state index >= 15 is 0 Å². The predicted octanol–water partition coefficient (Wildman–Crippen LogP) is 0.812. The van der Waals surface area contributed by atoms with Gasteiger partial charge in [0, 0.05) is 0 Å². The number of amides is 2. The van der Waals surface area contributed by atoms with Crippen molar-refractivity contribution in [1.29, 1.82) is 0 Å². The standard InChI is InChI=1S/C12H17N3O3/c1-3-9-4-6-10(7-5-9)15(14-12(13)17)8-11(16)18-2/h4-7H,3,8H2,1-2H3,(H3,13,14,17). The highest BCUT2D eigenvalue weighted by atomic mass is 16.5. The molecule has 6 heteroatoms. The predicted molar refractivity (Wildman–Crippen MR) is 67.9 cm³/mol. The molecule has 0 unspecified atom stereocenters. The number of aryl methyl sites for hydroxylation is 1. The van der Waals surface area contributed by atoms with Gasteiger partial charge < -0.3 is 10.5 Å². The highest BCUT2D eigenvalue weighted by Crippen LogP contribution is 2.13. The summed E-state index contributed by atoms with van der Waals surface area (Å²) in [7, 11) is 1.28. The monoisotopic (exact) mass is 251 g/mol. The molecule has 0 atom stereocenters. The second-order valence-electron chi connectivity index (χ2n) is 3.66. The third-order valence-electron chi connectivity index (χ3n) is 2.42. The van der Waals surface area contributed by atoms with E-state index in [0.29, 0.717) is 5.69 Å². The van der Waals surface area contributed by atoms with Crippen molar-refractivity contribution in [2.24, 2.45) is 5.73 Å². The van der Waals surface area contributed by atoms with Crippen LogP contribution >= 0.6 is 0 Å². The summed E-state index contributed by atoms with van der Waals surface area (Å²) >= 11 is 0. The minimum atomic E-state index is -0.738. The zero-order valence-corrected chi connectivity index (χ0v) is 10.5. The van der Waals surface area contributed by atoms with Gasteiger partial charge in [-0.05, 0) is 24.1 Å². The van der Waals surface area contributed by atoms with Crippen LogP contribution in [0.2, 0.25) is 0 Å². The highest BCUT2D eigenvalue weighted by Gasteiger charge is 2.13. The number of nitrogens with two attached hydrogens (primary N) is 1. The van der Waals surface area contributed by atoms with Gasteiger partial charge in [0.2, 0.25) is 0 Å². The number of ether oxygens (including phenoxy) is 1. The fourth-order valence-electron chi connectivity index (χ4n) is 1.43. The van der Waals surface area contributed by atoms with Gasteiger partial charge in [0.25, 0.3) is 0 Å². The van der Waals surface area contributed by atoms with Gasteiger partial charge in [0.15, 0.2) is 0 Å². The molecule has 0 aliphatic rings. The van der Waals surface area contributed by atoms with E-state index in [0.717, 1.165) is 12.0 Å². The number of primary amides is 1. The Kier molecular flexibility index (Phi) is 4.98. The van der Waals surface area contributed by atoms with Crippen LogP contribution in [-0.2, 0) is 16.0 Å². The number of esters is 1. The van der Waals surface area contributed by atoms with Crippen molar-refractivity contribution in [2.75, 3.05) is 18.7 Å². The number of carbonyl (C=O) groups excluding carboxylic acids is 2. The van der Waals surface area contributed by atoms with Crippen LogP contribution < -0.4 is 16.2 Å². The average molecular weight is 251 g/mol. The van der Waals surface area contributed by atoms with Crippen LogP contribution in [0.1, 0.15) is 12.5 Å². The molecule has 2 amide bonds. The Bertz CT molecular complexity index is 417. The fraction of sp³-hybridized carbons (Fsp3) is 0.333. The molecule has 18 heavy (non-hydrogen) atoms. The Balaban J connectivity index is 2.86. The number of rotatable bonds is 5. The number of methoxy groups -OCH3 is 1. The molecule has 0 radical (unpaired) electrons. The first-order chi connectivity index (χ1) is 8.56. The number of nitrogens with one attached hydrogen (secondary N) is 1. The van der Waals surface area contributed by atoms with Gasteiger partial charge in [-0.25, -0.2) is 10.2 Å². The number of carbonyl (C=O) groups is 2. The molecule has 0 saturated carbocycles.